The van der Waals surface area contributed by atoms with Gasteiger partial charge in [-0.25, -0.2) is 0 Å². The molecule has 2 rings (SSSR count). The summed E-state index contributed by atoms with van der Waals surface area (Å²) in [6.07, 6.45) is -1.29. The second-order valence-corrected chi connectivity index (χ2v) is 6.08. The summed E-state index contributed by atoms with van der Waals surface area (Å²) < 4.78 is 39.4. The number of nitrogens with two attached hydrogens (primary N) is 1. The van der Waals surface area contributed by atoms with Crippen molar-refractivity contribution < 1.29 is 13.2 Å². The van der Waals surface area contributed by atoms with Gasteiger partial charge in [-0.1, -0.05) is 0 Å². The number of hydrogen-bond donors (Lipinski definition) is 1. The number of rotatable bonds is 2. The lowest BCUT2D eigenvalue weighted by Gasteiger charge is -2.48. The molecule has 0 aromatic carbocycles. The minimum atomic E-state index is -4.23. The van der Waals surface area contributed by atoms with Gasteiger partial charge in [0.15, 0.2) is 0 Å². The first-order valence-corrected chi connectivity index (χ1v) is 7.07. The third-order valence-corrected chi connectivity index (χ3v) is 4.60. The quantitative estimate of drug-likeness (QED) is 0.835. The number of piperidine rings is 2. The molecular weight excluding hydrogens is 255 g/mol. The average Bonchev–Trinajstić information content (AvgIpc) is 2.26. The van der Waals surface area contributed by atoms with E-state index in [0.717, 1.165) is 25.8 Å². The number of likely N-dealkylation sites (tertiary alicyclic amines) is 2. The molecule has 2 fully saturated rings. The van der Waals surface area contributed by atoms with Crippen molar-refractivity contribution in [3.63, 3.8) is 0 Å². The van der Waals surface area contributed by atoms with Gasteiger partial charge >= 0.3 is 6.18 Å². The zero-order valence-electron chi connectivity index (χ0n) is 11.7. The van der Waals surface area contributed by atoms with Crippen molar-refractivity contribution in [2.75, 3.05) is 26.7 Å². The second-order valence-electron chi connectivity index (χ2n) is 6.08. The van der Waals surface area contributed by atoms with E-state index in [1.54, 1.807) is 4.90 Å². The minimum Gasteiger partial charge on any atom is -0.326 e. The number of fused-ring (bicyclic) bond motifs is 1. The molecule has 112 valence electrons. The fourth-order valence-electron chi connectivity index (χ4n) is 3.77. The molecule has 2 saturated heterocycles. The first-order chi connectivity index (χ1) is 8.80. The molecule has 2 aliphatic rings. The fourth-order valence-corrected chi connectivity index (χ4v) is 3.77. The molecule has 4 unspecified atom stereocenters. The molecule has 0 bridgehead atoms. The van der Waals surface area contributed by atoms with Gasteiger partial charge < -0.3 is 10.6 Å². The molecule has 0 aliphatic carbocycles. The largest absolute Gasteiger partial charge is 0.405 e. The average molecular weight is 279 g/mol. The molecule has 0 aromatic rings. The minimum absolute atomic E-state index is 0.357. The van der Waals surface area contributed by atoms with Crippen LogP contribution in [0.2, 0.25) is 0 Å². The van der Waals surface area contributed by atoms with Gasteiger partial charge in [-0.2, -0.15) is 13.2 Å². The van der Waals surface area contributed by atoms with Crippen LogP contribution in [0.3, 0.4) is 0 Å². The van der Waals surface area contributed by atoms with E-state index in [2.05, 4.69) is 11.9 Å². The lowest BCUT2D eigenvalue weighted by Crippen LogP contribution is -2.61. The lowest BCUT2D eigenvalue weighted by molar-refractivity contribution is -0.195. The van der Waals surface area contributed by atoms with Gasteiger partial charge in [0.25, 0.3) is 0 Å². The van der Waals surface area contributed by atoms with Crippen LogP contribution >= 0.6 is 0 Å². The van der Waals surface area contributed by atoms with Crippen LogP contribution in [0.1, 0.15) is 26.2 Å². The highest BCUT2D eigenvalue weighted by molar-refractivity contribution is 4.94. The van der Waals surface area contributed by atoms with Gasteiger partial charge in [0, 0.05) is 25.2 Å². The molecule has 3 nitrogen and oxygen atoms in total. The molecule has 0 radical (unpaired) electrons. The number of nitrogens with zero attached hydrogens (tertiary/aromatic N) is 2. The molecule has 19 heavy (non-hydrogen) atoms. The zero-order valence-corrected chi connectivity index (χ0v) is 11.7. The van der Waals surface area contributed by atoms with Crippen molar-refractivity contribution in [1.82, 2.24) is 9.80 Å². The summed E-state index contributed by atoms with van der Waals surface area (Å²) in [5, 5.41) is 0. The predicted molar refractivity (Wildman–Crippen MR) is 68.8 cm³/mol. The molecule has 0 saturated carbocycles. The Bertz CT molecular complexity index is 306. The van der Waals surface area contributed by atoms with Crippen molar-refractivity contribution in [2.45, 2.75) is 50.5 Å². The highest BCUT2D eigenvalue weighted by Crippen LogP contribution is 2.34. The summed E-state index contributed by atoms with van der Waals surface area (Å²) in [6, 6.07) is -1.93. The van der Waals surface area contributed by atoms with Gasteiger partial charge in [-0.15, -0.1) is 0 Å². The first-order valence-electron chi connectivity index (χ1n) is 7.07. The maximum atomic E-state index is 13.1. The predicted octanol–water partition coefficient (Wildman–Crippen LogP) is 1.68. The van der Waals surface area contributed by atoms with Gasteiger partial charge in [-0.3, -0.25) is 4.90 Å². The monoisotopic (exact) mass is 279 g/mol. The fraction of sp³-hybridized carbons (Fsp3) is 1.00. The SMILES string of the molecule is CC(N)C(N1CCC2C(CCCN2C)C1)C(F)(F)F. The van der Waals surface area contributed by atoms with E-state index in [1.807, 2.05) is 0 Å². The van der Waals surface area contributed by atoms with E-state index in [-0.39, 0.29) is 0 Å². The Hall–Kier alpha value is -0.330. The Labute approximate surface area is 112 Å². The van der Waals surface area contributed by atoms with E-state index < -0.39 is 18.3 Å². The Balaban J connectivity index is 2.06. The summed E-state index contributed by atoms with van der Waals surface area (Å²) in [7, 11) is 2.08. The Morgan fingerprint density at radius 1 is 1.21 bits per heavy atom. The highest BCUT2D eigenvalue weighted by atomic mass is 19.4. The van der Waals surface area contributed by atoms with Gasteiger partial charge in [-0.05, 0) is 45.7 Å². The molecular formula is C13H24F3N3. The van der Waals surface area contributed by atoms with Crippen molar-refractivity contribution in [1.29, 1.82) is 0 Å². The van der Waals surface area contributed by atoms with Gasteiger partial charge in [0.05, 0.1) is 0 Å². The Morgan fingerprint density at radius 3 is 2.47 bits per heavy atom. The molecule has 6 heteroatoms. The zero-order chi connectivity index (χ0) is 14.2. The van der Waals surface area contributed by atoms with Gasteiger partial charge in [0.1, 0.15) is 6.04 Å². The third-order valence-electron chi connectivity index (χ3n) is 4.60. The van der Waals surface area contributed by atoms with Crippen LogP contribution in [-0.2, 0) is 0 Å². The summed E-state index contributed by atoms with van der Waals surface area (Å²) in [5.74, 6) is 0.357. The molecule has 0 aromatic heterocycles. The lowest BCUT2D eigenvalue weighted by atomic mass is 9.83. The topological polar surface area (TPSA) is 32.5 Å². The van der Waals surface area contributed by atoms with Gasteiger partial charge in [0.2, 0.25) is 0 Å². The van der Waals surface area contributed by atoms with Crippen LogP contribution in [0, 0.1) is 5.92 Å². The molecule has 2 heterocycles. The van der Waals surface area contributed by atoms with Crippen molar-refractivity contribution in [3.8, 4) is 0 Å². The Kier molecular flexibility index (Phi) is 4.42. The molecule has 0 spiro atoms. The maximum Gasteiger partial charge on any atom is 0.405 e. The molecule has 2 aliphatic heterocycles. The molecule has 4 atom stereocenters. The summed E-state index contributed by atoms with van der Waals surface area (Å²) in [6.45, 7) is 3.55. The summed E-state index contributed by atoms with van der Waals surface area (Å²) in [5.41, 5.74) is 5.58. The van der Waals surface area contributed by atoms with Crippen LogP contribution in [0.5, 0.6) is 0 Å². The maximum absolute atomic E-state index is 13.1. The van der Waals surface area contributed by atoms with E-state index in [1.165, 1.54) is 6.92 Å². The van der Waals surface area contributed by atoms with Crippen molar-refractivity contribution in [2.24, 2.45) is 11.7 Å². The van der Waals surface area contributed by atoms with E-state index in [9.17, 15) is 13.2 Å². The third kappa shape index (κ3) is 3.23. The standard InChI is InChI=1S/C13H24F3N3/c1-9(17)12(13(14,15)16)19-7-5-11-10(8-19)4-3-6-18(11)2/h9-12H,3-8,17H2,1-2H3. The van der Waals surface area contributed by atoms with Crippen LogP contribution < -0.4 is 5.73 Å². The molecule has 2 N–H and O–H groups in total. The highest BCUT2D eigenvalue weighted by Gasteiger charge is 2.48. The normalized spacial score (nSPS) is 33.8. The number of hydrogen-bond acceptors (Lipinski definition) is 3. The van der Waals surface area contributed by atoms with E-state index in [4.69, 9.17) is 5.73 Å². The van der Waals surface area contributed by atoms with Crippen molar-refractivity contribution >= 4 is 0 Å². The van der Waals surface area contributed by atoms with Crippen molar-refractivity contribution in [3.05, 3.63) is 0 Å². The first kappa shape index (κ1) is 15.1. The van der Waals surface area contributed by atoms with Crippen LogP contribution in [0.4, 0.5) is 13.2 Å². The van der Waals surface area contributed by atoms with Crippen LogP contribution in [-0.4, -0.2) is 60.8 Å². The van der Waals surface area contributed by atoms with Crippen LogP contribution in [0.15, 0.2) is 0 Å². The second kappa shape index (κ2) is 5.58. The number of alkyl halides is 3. The molecule has 0 amide bonds. The number of halogens is 3. The smallest absolute Gasteiger partial charge is 0.326 e. The Morgan fingerprint density at radius 2 is 1.89 bits per heavy atom. The van der Waals surface area contributed by atoms with E-state index in [0.29, 0.717) is 25.0 Å². The van der Waals surface area contributed by atoms with Crippen LogP contribution in [0.25, 0.3) is 0 Å². The van der Waals surface area contributed by atoms with E-state index >= 15 is 0 Å². The summed E-state index contributed by atoms with van der Waals surface area (Å²) >= 11 is 0. The summed E-state index contributed by atoms with van der Waals surface area (Å²) in [4.78, 5) is 3.87.